The van der Waals surface area contributed by atoms with Gasteiger partial charge in [-0.25, -0.2) is 0 Å². The quantitative estimate of drug-likeness (QED) is 0.907. The lowest BCUT2D eigenvalue weighted by Gasteiger charge is -2.16. The van der Waals surface area contributed by atoms with Crippen LogP contribution in [0.5, 0.6) is 0 Å². The Kier molecular flexibility index (Phi) is 3.50. The molecule has 0 amide bonds. The number of aromatic nitrogens is 2. The van der Waals surface area contributed by atoms with Crippen molar-refractivity contribution < 1.29 is 0 Å². The molecule has 90 valence electrons. The Bertz CT molecular complexity index is 519. The molecular formula is C13H16ClN3. The van der Waals surface area contributed by atoms with Crippen molar-refractivity contribution in [1.29, 1.82) is 0 Å². The monoisotopic (exact) mass is 249 g/mol. The Morgan fingerprint density at radius 1 is 1.41 bits per heavy atom. The van der Waals surface area contributed by atoms with Crippen LogP contribution in [0.2, 0.25) is 5.02 Å². The van der Waals surface area contributed by atoms with Gasteiger partial charge in [-0.2, -0.15) is 5.10 Å². The van der Waals surface area contributed by atoms with Gasteiger partial charge in [-0.15, -0.1) is 0 Å². The fourth-order valence-electron chi connectivity index (χ4n) is 1.96. The fourth-order valence-corrected chi connectivity index (χ4v) is 2.30. The van der Waals surface area contributed by atoms with Crippen molar-refractivity contribution in [2.75, 3.05) is 7.05 Å². The van der Waals surface area contributed by atoms with Crippen molar-refractivity contribution in [2.24, 2.45) is 7.05 Å². The molecule has 0 radical (unpaired) electrons. The Balaban J connectivity index is 2.42. The van der Waals surface area contributed by atoms with Gasteiger partial charge in [0.25, 0.3) is 0 Å². The van der Waals surface area contributed by atoms with Crippen LogP contribution in [-0.4, -0.2) is 16.8 Å². The second-order valence-corrected chi connectivity index (χ2v) is 4.60. The van der Waals surface area contributed by atoms with E-state index in [0.29, 0.717) is 0 Å². The molecule has 0 fully saturated rings. The highest BCUT2D eigenvalue weighted by Crippen LogP contribution is 2.28. The van der Waals surface area contributed by atoms with E-state index in [2.05, 4.69) is 22.5 Å². The summed E-state index contributed by atoms with van der Waals surface area (Å²) in [6, 6.07) is 6.20. The maximum absolute atomic E-state index is 6.29. The first-order valence-corrected chi connectivity index (χ1v) is 5.91. The molecule has 0 spiro atoms. The highest BCUT2D eigenvalue weighted by molar-refractivity contribution is 6.31. The first kappa shape index (κ1) is 12.1. The summed E-state index contributed by atoms with van der Waals surface area (Å²) in [6.07, 6.45) is 3.86. The van der Waals surface area contributed by atoms with E-state index in [1.807, 2.05) is 39.5 Å². The van der Waals surface area contributed by atoms with Crippen LogP contribution < -0.4 is 5.32 Å². The predicted octanol–water partition coefficient (Wildman–Crippen LogP) is 2.69. The molecule has 3 nitrogen and oxygen atoms in total. The minimum Gasteiger partial charge on any atom is -0.309 e. The van der Waals surface area contributed by atoms with Crippen LogP contribution in [-0.2, 0) is 7.05 Å². The van der Waals surface area contributed by atoms with Crippen molar-refractivity contribution in [1.82, 2.24) is 15.1 Å². The van der Waals surface area contributed by atoms with E-state index < -0.39 is 0 Å². The van der Waals surface area contributed by atoms with Crippen molar-refractivity contribution in [3.05, 3.63) is 52.3 Å². The molecule has 1 aromatic heterocycles. The van der Waals surface area contributed by atoms with E-state index in [4.69, 9.17) is 11.6 Å². The van der Waals surface area contributed by atoms with E-state index in [1.54, 1.807) is 4.68 Å². The molecule has 2 aromatic rings. The van der Waals surface area contributed by atoms with Crippen LogP contribution >= 0.6 is 11.6 Å². The van der Waals surface area contributed by atoms with E-state index in [9.17, 15) is 0 Å². The molecule has 0 bridgehead atoms. The van der Waals surface area contributed by atoms with Crippen LogP contribution in [0.3, 0.4) is 0 Å². The Labute approximate surface area is 106 Å². The maximum Gasteiger partial charge on any atom is 0.0620 e. The normalized spacial score (nSPS) is 12.7. The summed E-state index contributed by atoms with van der Waals surface area (Å²) in [7, 11) is 3.83. The molecule has 0 aliphatic carbocycles. The zero-order valence-corrected chi connectivity index (χ0v) is 11.0. The molecule has 1 unspecified atom stereocenters. The minimum absolute atomic E-state index is 0.0804. The van der Waals surface area contributed by atoms with Crippen molar-refractivity contribution in [3.63, 3.8) is 0 Å². The van der Waals surface area contributed by atoms with Gasteiger partial charge in [-0.05, 0) is 31.2 Å². The molecule has 1 atom stereocenters. The van der Waals surface area contributed by atoms with Crippen molar-refractivity contribution >= 4 is 11.6 Å². The van der Waals surface area contributed by atoms with E-state index in [1.165, 1.54) is 5.56 Å². The second-order valence-electron chi connectivity index (χ2n) is 4.19. The first-order valence-electron chi connectivity index (χ1n) is 5.53. The average Bonchev–Trinajstić information content (AvgIpc) is 2.69. The number of rotatable bonds is 3. The molecule has 2 rings (SSSR count). The Hall–Kier alpha value is -1.32. The molecule has 1 heterocycles. The van der Waals surface area contributed by atoms with Gasteiger partial charge in [-0.3, -0.25) is 4.68 Å². The first-order chi connectivity index (χ1) is 8.11. The molecule has 17 heavy (non-hydrogen) atoms. The zero-order valence-electron chi connectivity index (χ0n) is 10.2. The highest BCUT2D eigenvalue weighted by atomic mass is 35.5. The molecule has 1 aromatic carbocycles. The van der Waals surface area contributed by atoms with Crippen LogP contribution in [0.25, 0.3) is 0 Å². The van der Waals surface area contributed by atoms with E-state index >= 15 is 0 Å². The lowest BCUT2D eigenvalue weighted by Crippen LogP contribution is -2.17. The second kappa shape index (κ2) is 4.90. The summed E-state index contributed by atoms with van der Waals surface area (Å²) in [5, 5.41) is 8.25. The third-order valence-corrected chi connectivity index (χ3v) is 3.14. The van der Waals surface area contributed by atoms with Crippen LogP contribution in [0, 0.1) is 6.92 Å². The molecule has 0 saturated carbocycles. The number of nitrogens with zero attached hydrogens (tertiary/aromatic N) is 2. The van der Waals surface area contributed by atoms with E-state index in [0.717, 1.165) is 16.1 Å². The third kappa shape index (κ3) is 2.51. The maximum atomic E-state index is 6.29. The van der Waals surface area contributed by atoms with Gasteiger partial charge in [0.2, 0.25) is 0 Å². The average molecular weight is 250 g/mol. The molecular weight excluding hydrogens is 234 g/mol. The number of benzene rings is 1. The van der Waals surface area contributed by atoms with Crippen LogP contribution in [0.1, 0.15) is 22.7 Å². The summed E-state index contributed by atoms with van der Waals surface area (Å²) < 4.78 is 1.79. The van der Waals surface area contributed by atoms with Gasteiger partial charge in [0, 0.05) is 23.8 Å². The highest BCUT2D eigenvalue weighted by Gasteiger charge is 2.16. The predicted molar refractivity (Wildman–Crippen MR) is 70.3 cm³/mol. The van der Waals surface area contributed by atoms with Gasteiger partial charge < -0.3 is 5.32 Å². The Morgan fingerprint density at radius 3 is 2.71 bits per heavy atom. The number of hydrogen-bond donors (Lipinski definition) is 1. The third-order valence-electron chi connectivity index (χ3n) is 2.81. The van der Waals surface area contributed by atoms with Gasteiger partial charge in [0.1, 0.15) is 0 Å². The summed E-state index contributed by atoms with van der Waals surface area (Å²) in [5.41, 5.74) is 3.35. The summed E-state index contributed by atoms with van der Waals surface area (Å²) in [4.78, 5) is 0. The van der Waals surface area contributed by atoms with Gasteiger partial charge >= 0.3 is 0 Å². The van der Waals surface area contributed by atoms with Gasteiger partial charge in [0.05, 0.1) is 12.2 Å². The lowest BCUT2D eigenvalue weighted by atomic mass is 10.0. The topological polar surface area (TPSA) is 29.9 Å². The smallest absolute Gasteiger partial charge is 0.0620 e. The molecule has 0 aliphatic heterocycles. The van der Waals surface area contributed by atoms with E-state index in [-0.39, 0.29) is 6.04 Å². The zero-order chi connectivity index (χ0) is 12.4. The Morgan fingerprint density at radius 2 is 2.18 bits per heavy atom. The standard InChI is InChI=1S/C13H16ClN3/c1-9-4-5-11(12(14)6-9)13(15-2)10-7-16-17(3)8-10/h4-8,13,15H,1-3H3. The van der Waals surface area contributed by atoms with Crippen molar-refractivity contribution in [2.45, 2.75) is 13.0 Å². The number of aryl methyl sites for hydroxylation is 2. The molecule has 1 N–H and O–H groups in total. The molecule has 4 heteroatoms. The number of nitrogens with one attached hydrogen (secondary N) is 1. The number of halogens is 1. The largest absolute Gasteiger partial charge is 0.309 e. The summed E-state index contributed by atoms with van der Waals surface area (Å²) >= 11 is 6.29. The van der Waals surface area contributed by atoms with Crippen LogP contribution in [0.15, 0.2) is 30.6 Å². The lowest BCUT2D eigenvalue weighted by molar-refractivity contribution is 0.689. The fraction of sp³-hybridized carbons (Fsp3) is 0.308. The minimum atomic E-state index is 0.0804. The van der Waals surface area contributed by atoms with Crippen LogP contribution in [0.4, 0.5) is 0 Å². The number of hydrogen-bond acceptors (Lipinski definition) is 2. The molecule has 0 saturated heterocycles. The summed E-state index contributed by atoms with van der Waals surface area (Å²) in [6.45, 7) is 2.04. The van der Waals surface area contributed by atoms with Crippen molar-refractivity contribution in [3.8, 4) is 0 Å². The van der Waals surface area contributed by atoms with Gasteiger partial charge in [-0.1, -0.05) is 23.7 Å². The van der Waals surface area contributed by atoms with Gasteiger partial charge in [0.15, 0.2) is 0 Å². The summed E-state index contributed by atoms with van der Waals surface area (Å²) in [5.74, 6) is 0. The molecule has 0 aliphatic rings. The SMILES string of the molecule is CNC(c1cnn(C)c1)c1ccc(C)cc1Cl.